The van der Waals surface area contributed by atoms with E-state index in [0.717, 1.165) is 18.5 Å². The van der Waals surface area contributed by atoms with Crippen LogP contribution in [0.2, 0.25) is 0 Å². The highest BCUT2D eigenvalue weighted by Crippen LogP contribution is 2.27. The third-order valence-electron chi connectivity index (χ3n) is 5.00. The Hall–Kier alpha value is -1.84. The van der Waals surface area contributed by atoms with E-state index in [4.69, 9.17) is 0 Å². The SMILES string of the molecule is Cc1ccc(N2CC(C(=O)NC3CCCC3)CC2=O)cc1C. The zero-order valence-electron chi connectivity index (χ0n) is 13.4. The summed E-state index contributed by atoms with van der Waals surface area (Å²) in [6.07, 6.45) is 4.87. The van der Waals surface area contributed by atoms with Crippen molar-refractivity contribution < 1.29 is 9.59 Å². The fourth-order valence-electron chi connectivity index (χ4n) is 3.42. The van der Waals surface area contributed by atoms with Crippen molar-refractivity contribution in [3.05, 3.63) is 29.3 Å². The van der Waals surface area contributed by atoms with Crippen LogP contribution in [0.25, 0.3) is 0 Å². The maximum Gasteiger partial charge on any atom is 0.227 e. The van der Waals surface area contributed by atoms with Crippen molar-refractivity contribution in [1.82, 2.24) is 5.32 Å². The van der Waals surface area contributed by atoms with Crippen LogP contribution in [0.15, 0.2) is 18.2 Å². The number of benzene rings is 1. The predicted molar refractivity (Wildman–Crippen MR) is 86.8 cm³/mol. The molecule has 1 N–H and O–H groups in total. The smallest absolute Gasteiger partial charge is 0.227 e. The van der Waals surface area contributed by atoms with E-state index in [1.807, 2.05) is 25.1 Å². The van der Waals surface area contributed by atoms with Crippen molar-refractivity contribution in [2.24, 2.45) is 5.92 Å². The van der Waals surface area contributed by atoms with Crippen LogP contribution in [0.1, 0.15) is 43.2 Å². The molecule has 1 heterocycles. The second-order valence-corrected chi connectivity index (χ2v) is 6.66. The fourth-order valence-corrected chi connectivity index (χ4v) is 3.42. The summed E-state index contributed by atoms with van der Waals surface area (Å²) in [5.41, 5.74) is 3.29. The highest BCUT2D eigenvalue weighted by atomic mass is 16.2. The molecule has 0 spiro atoms. The van der Waals surface area contributed by atoms with Gasteiger partial charge in [0.05, 0.1) is 5.92 Å². The molecule has 3 rings (SSSR count). The molecular formula is C18H24N2O2. The summed E-state index contributed by atoms with van der Waals surface area (Å²) < 4.78 is 0. The van der Waals surface area contributed by atoms with E-state index in [2.05, 4.69) is 12.2 Å². The number of amides is 2. The van der Waals surface area contributed by atoms with Crippen molar-refractivity contribution in [3.63, 3.8) is 0 Å². The molecule has 0 bridgehead atoms. The van der Waals surface area contributed by atoms with Gasteiger partial charge in [-0.3, -0.25) is 9.59 Å². The van der Waals surface area contributed by atoms with Crippen molar-refractivity contribution in [1.29, 1.82) is 0 Å². The molecule has 1 aromatic rings. The quantitative estimate of drug-likeness (QED) is 0.933. The minimum absolute atomic E-state index is 0.0478. The van der Waals surface area contributed by atoms with Gasteiger partial charge in [-0.25, -0.2) is 0 Å². The average molecular weight is 300 g/mol. The third kappa shape index (κ3) is 3.01. The molecule has 2 fully saturated rings. The minimum atomic E-state index is -0.213. The zero-order valence-corrected chi connectivity index (χ0v) is 13.4. The molecule has 2 amide bonds. The van der Waals surface area contributed by atoms with Gasteiger partial charge in [-0.05, 0) is 49.9 Å². The molecule has 22 heavy (non-hydrogen) atoms. The maximum atomic E-state index is 12.4. The first-order valence-corrected chi connectivity index (χ1v) is 8.22. The zero-order chi connectivity index (χ0) is 15.7. The van der Waals surface area contributed by atoms with Crippen molar-refractivity contribution in [2.75, 3.05) is 11.4 Å². The lowest BCUT2D eigenvalue weighted by Crippen LogP contribution is -2.38. The lowest BCUT2D eigenvalue weighted by atomic mass is 10.1. The summed E-state index contributed by atoms with van der Waals surface area (Å²) in [4.78, 5) is 26.4. The van der Waals surface area contributed by atoms with Gasteiger partial charge in [0.1, 0.15) is 0 Å². The van der Waals surface area contributed by atoms with E-state index < -0.39 is 0 Å². The highest BCUT2D eigenvalue weighted by molar-refractivity contribution is 6.00. The molecule has 1 saturated carbocycles. The molecule has 4 heteroatoms. The number of anilines is 1. The van der Waals surface area contributed by atoms with Crippen molar-refractivity contribution in [2.45, 2.75) is 52.0 Å². The first kappa shape index (κ1) is 15.1. The lowest BCUT2D eigenvalue weighted by molar-refractivity contribution is -0.126. The first-order valence-electron chi connectivity index (χ1n) is 8.22. The van der Waals surface area contributed by atoms with Crippen LogP contribution in [0.5, 0.6) is 0 Å². The Morgan fingerprint density at radius 1 is 1.18 bits per heavy atom. The number of nitrogens with one attached hydrogen (secondary N) is 1. The van der Waals surface area contributed by atoms with Gasteiger partial charge in [0.2, 0.25) is 11.8 Å². The Bertz CT molecular complexity index is 591. The van der Waals surface area contributed by atoms with Crippen LogP contribution < -0.4 is 10.2 Å². The Balaban J connectivity index is 1.67. The largest absolute Gasteiger partial charge is 0.353 e. The van der Waals surface area contributed by atoms with E-state index in [1.54, 1.807) is 4.90 Å². The van der Waals surface area contributed by atoms with Crippen LogP contribution >= 0.6 is 0 Å². The van der Waals surface area contributed by atoms with Gasteiger partial charge in [0, 0.05) is 24.7 Å². The van der Waals surface area contributed by atoms with Gasteiger partial charge in [-0.1, -0.05) is 18.9 Å². The van der Waals surface area contributed by atoms with E-state index in [0.29, 0.717) is 19.0 Å². The topological polar surface area (TPSA) is 49.4 Å². The van der Waals surface area contributed by atoms with Gasteiger partial charge in [0.15, 0.2) is 0 Å². The summed E-state index contributed by atoms with van der Waals surface area (Å²) in [5.74, 6) is -0.115. The summed E-state index contributed by atoms with van der Waals surface area (Å²) in [6.45, 7) is 4.60. The molecular weight excluding hydrogens is 276 g/mol. The predicted octanol–water partition coefficient (Wildman–Crippen LogP) is 2.72. The number of rotatable bonds is 3. The number of nitrogens with zero attached hydrogens (tertiary/aromatic N) is 1. The van der Waals surface area contributed by atoms with Crippen molar-refractivity contribution >= 4 is 17.5 Å². The summed E-state index contributed by atoms with van der Waals surface area (Å²) in [6, 6.07) is 6.35. The Labute approximate surface area is 131 Å². The molecule has 1 aliphatic heterocycles. The lowest BCUT2D eigenvalue weighted by Gasteiger charge is -2.19. The fraction of sp³-hybridized carbons (Fsp3) is 0.556. The van der Waals surface area contributed by atoms with Gasteiger partial charge < -0.3 is 10.2 Å². The average Bonchev–Trinajstić information content (AvgIpc) is 3.11. The number of hydrogen-bond acceptors (Lipinski definition) is 2. The second kappa shape index (κ2) is 6.11. The summed E-state index contributed by atoms with van der Waals surface area (Å²) in [5, 5.41) is 3.12. The molecule has 1 atom stereocenters. The Morgan fingerprint density at radius 3 is 2.59 bits per heavy atom. The van der Waals surface area contributed by atoms with Gasteiger partial charge in [-0.2, -0.15) is 0 Å². The van der Waals surface area contributed by atoms with E-state index in [1.165, 1.54) is 24.0 Å². The molecule has 0 aromatic heterocycles. The van der Waals surface area contributed by atoms with Crippen LogP contribution in [0.4, 0.5) is 5.69 Å². The Kier molecular flexibility index (Phi) is 4.19. The monoisotopic (exact) mass is 300 g/mol. The molecule has 1 saturated heterocycles. The molecule has 1 aromatic carbocycles. The van der Waals surface area contributed by atoms with Gasteiger partial charge in [0.25, 0.3) is 0 Å². The molecule has 2 aliphatic rings. The van der Waals surface area contributed by atoms with E-state index >= 15 is 0 Å². The molecule has 1 unspecified atom stereocenters. The van der Waals surface area contributed by atoms with Crippen LogP contribution in [-0.4, -0.2) is 24.4 Å². The molecule has 1 aliphatic carbocycles. The number of aryl methyl sites for hydroxylation is 2. The highest BCUT2D eigenvalue weighted by Gasteiger charge is 2.36. The Morgan fingerprint density at radius 2 is 1.91 bits per heavy atom. The van der Waals surface area contributed by atoms with E-state index in [-0.39, 0.29) is 17.7 Å². The second-order valence-electron chi connectivity index (χ2n) is 6.66. The first-order chi connectivity index (χ1) is 10.5. The van der Waals surface area contributed by atoms with Crippen LogP contribution in [-0.2, 0) is 9.59 Å². The van der Waals surface area contributed by atoms with Gasteiger partial charge >= 0.3 is 0 Å². The standard InChI is InChI=1S/C18H24N2O2/c1-12-7-8-16(9-13(12)2)20-11-14(10-17(20)21)18(22)19-15-5-3-4-6-15/h7-9,14-15H,3-6,10-11H2,1-2H3,(H,19,22). The van der Waals surface area contributed by atoms with Crippen molar-refractivity contribution in [3.8, 4) is 0 Å². The molecule has 0 radical (unpaired) electrons. The summed E-state index contributed by atoms with van der Waals surface area (Å²) >= 11 is 0. The van der Waals surface area contributed by atoms with Gasteiger partial charge in [-0.15, -0.1) is 0 Å². The third-order valence-corrected chi connectivity index (χ3v) is 5.00. The number of carbonyl (C=O) groups excluding carboxylic acids is 2. The minimum Gasteiger partial charge on any atom is -0.353 e. The maximum absolute atomic E-state index is 12.4. The van der Waals surface area contributed by atoms with Crippen LogP contribution in [0.3, 0.4) is 0 Å². The number of carbonyl (C=O) groups is 2. The van der Waals surface area contributed by atoms with Crippen LogP contribution in [0, 0.1) is 19.8 Å². The molecule has 4 nitrogen and oxygen atoms in total. The number of hydrogen-bond donors (Lipinski definition) is 1. The summed E-state index contributed by atoms with van der Waals surface area (Å²) in [7, 11) is 0. The molecule has 118 valence electrons. The van der Waals surface area contributed by atoms with E-state index in [9.17, 15) is 9.59 Å². The normalized spacial score (nSPS) is 22.4.